The van der Waals surface area contributed by atoms with Gasteiger partial charge >= 0.3 is 0 Å². The van der Waals surface area contributed by atoms with E-state index in [1.54, 1.807) is 0 Å². The third kappa shape index (κ3) is 2.11. The van der Waals surface area contributed by atoms with E-state index in [0.29, 0.717) is 5.92 Å². The maximum absolute atomic E-state index is 14.6. The zero-order valence-corrected chi connectivity index (χ0v) is 12.7. The molecule has 10 atom stereocenters. The summed E-state index contributed by atoms with van der Waals surface area (Å²) in [6, 6.07) is 0. The Kier molecular flexibility index (Phi) is 3.83. The van der Waals surface area contributed by atoms with Gasteiger partial charge in [0.15, 0.2) is 0 Å². The molecule has 0 nitrogen and oxygen atoms in total. The summed E-state index contributed by atoms with van der Waals surface area (Å²) in [7, 11) is 0. The highest BCUT2D eigenvalue weighted by atomic mass is 19.2. The molecule has 0 aromatic rings. The van der Waals surface area contributed by atoms with Gasteiger partial charge in [0.25, 0.3) is 0 Å². The fraction of sp³-hybridized carbons (Fsp3) is 1.00. The van der Waals surface area contributed by atoms with Crippen LogP contribution in [-0.2, 0) is 0 Å². The fourth-order valence-corrected chi connectivity index (χ4v) is 5.72. The molecule has 0 amide bonds. The highest BCUT2D eigenvalue weighted by Gasteiger charge is 2.55. The largest absolute Gasteiger partial charge is 0.247 e. The van der Waals surface area contributed by atoms with Crippen LogP contribution in [0.5, 0.6) is 0 Å². The Morgan fingerprint density at radius 3 is 1.75 bits per heavy atom. The first-order chi connectivity index (χ1) is 9.41. The maximum Gasteiger partial charge on any atom is 0.135 e. The van der Waals surface area contributed by atoms with E-state index in [1.807, 2.05) is 20.8 Å². The van der Waals surface area contributed by atoms with Crippen LogP contribution in [0.1, 0.15) is 46.5 Å². The first-order valence-corrected chi connectivity index (χ1v) is 8.34. The molecule has 20 heavy (non-hydrogen) atoms. The van der Waals surface area contributed by atoms with Gasteiger partial charge in [0, 0.05) is 0 Å². The highest BCUT2D eigenvalue weighted by Crippen LogP contribution is 2.56. The van der Waals surface area contributed by atoms with Crippen LogP contribution >= 0.6 is 0 Å². The first kappa shape index (κ1) is 14.7. The number of hydrogen-bond acceptors (Lipinski definition) is 0. The maximum atomic E-state index is 14.6. The third-order valence-corrected chi connectivity index (χ3v) is 6.66. The molecule has 0 aromatic heterocycles. The molecule has 0 spiro atoms. The molecule has 116 valence electrons. The zero-order chi connectivity index (χ0) is 14.6. The first-order valence-electron chi connectivity index (χ1n) is 8.34. The minimum atomic E-state index is -1.38. The van der Waals surface area contributed by atoms with E-state index in [-0.39, 0.29) is 35.5 Å². The Bertz CT molecular complexity index is 320. The topological polar surface area (TPSA) is 0 Å². The fourth-order valence-electron chi connectivity index (χ4n) is 5.72. The summed E-state index contributed by atoms with van der Waals surface area (Å²) in [6.45, 7) is 5.72. The molecule has 0 heterocycles. The molecule has 3 heteroatoms. The molecule has 3 saturated carbocycles. The van der Waals surface area contributed by atoms with Crippen LogP contribution in [0.25, 0.3) is 0 Å². The van der Waals surface area contributed by atoms with Crippen LogP contribution in [-0.4, -0.2) is 18.5 Å². The Morgan fingerprint density at radius 2 is 1.15 bits per heavy atom. The second-order valence-corrected chi connectivity index (χ2v) is 7.87. The lowest BCUT2D eigenvalue weighted by Crippen LogP contribution is -2.55. The number of fused-ring (bicyclic) bond motifs is 3. The van der Waals surface area contributed by atoms with Crippen LogP contribution in [0, 0.1) is 41.4 Å². The van der Waals surface area contributed by atoms with E-state index in [9.17, 15) is 13.2 Å². The summed E-state index contributed by atoms with van der Waals surface area (Å²) in [5, 5.41) is 0. The number of rotatable bonds is 0. The van der Waals surface area contributed by atoms with Gasteiger partial charge < -0.3 is 0 Å². The van der Waals surface area contributed by atoms with Crippen LogP contribution in [0.15, 0.2) is 0 Å². The molecule has 0 aliphatic heterocycles. The molecule has 10 unspecified atom stereocenters. The quantitative estimate of drug-likeness (QED) is 0.590. The lowest BCUT2D eigenvalue weighted by Gasteiger charge is -2.55. The molecular weight excluding hydrogens is 261 g/mol. The van der Waals surface area contributed by atoms with Gasteiger partial charge in [-0.1, -0.05) is 20.8 Å². The smallest absolute Gasteiger partial charge is 0.135 e. The van der Waals surface area contributed by atoms with E-state index in [4.69, 9.17) is 0 Å². The van der Waals surface area contributed by atoms with Crippen molar-refractivity contribution < 1.29 is 13.2 Å². The Hall–Kier alpha value is -0.210. The van der Waals surface area contributed by atoms with Crippen LogP contribution in [0.3, 0.4) is 0 Å². The summed E-state index contributed by atoms with van der Waals surface area (Å²) in [4.78, 5) is 0. The molecule has 0 N–H and O–H groups in total. The zero-order valence-electron chi connectivity index (χ0n) is 12.7. The SMILES string of the molecule is CC1CC2CCC3CC(C)C(F)C(F)C3C2C(C)C1F. The summed E-state index contributed by atoms with van der Waals surface area (Å²) in [5.74, 6) is 0.284. The molecule has 0 saturated heterocycles. The molecule has 0 radical (unpaired) electrons. The number of halogens is 3. The van der Waals surface area contributed by atoms with E-state index >= 15 is 0 Å². The van der Waals surface area contributed by atoms with Crippen molar-refractivity contribution >= 4 is 0 Å². The van der Waals surface area contributed by atoms with Crippen molar-refractivity contribution in [1.82, 2.24) is 0 Å². The van der Waals surface area contributed by atoms with Gasteiger partial charge in [-0.25, -0.2) is 13.2 Å². The van der Waals surface area contributed by atoms with Gasteiger partial charge in [-0.05, 0) is 67.1 Å². The minimum absolute atomic E-state index is 0.0562. The van der Waals surface area contributed by atoms with Crippen molar-refractivity contribution in [3.05, 3.63) is 0 Å². The van der Waals surface area contributed by atoms with Crippen molar-refractivity contribution in [2.45, 2.75) is 65.0 Å². The second-order valence-electron chi connectivity index (χ2n) is 7.87. The average Bonchev–Trinajstić information content (AvgIpc) is 2.42. The van der Waals surface area contributed by atoms with Gasteiger partial charge in [-0.2, -0.15) is 0 Å². The minimum Gasteiger partial charge on any atom is -0.247 e. The summed E-state index contributed by atoms with van der Waals surface area (Å²) < 4.78 is 43.2. The highest BCUT2D eigenvalue weighted by molar-refractivity contribution is 5.03. The van der Waals surface area contributed by atoms with Gasteiger partial charge in [-0.3, -0.25) is 0 Å². The average molecular weight is 288 g/mol. The molecular formula is C17H27F3. The van der Waals surface area contributed by atoms with Crippen LogP contribution in [0.2, 0.25) is 0 Å². The van der Waals surface area contributed by atoms with Gasteiger partial charge in [0.05, 0.1) is 0 Å². The second kappa shape index (κ2) is 5.21. The Morgan fingerprint density at radius 1 is 0.650 bits per heavy atom. The molecule has 3 fully saturated rings. The van der Waals surface area contributed by atoms with Gasteiger partial charge in [0.1, 0.15) is 18.5 Å². The van der Waals surface area contributed by atoms with Crippen molar-refractivity contribution in [2.24, 2.45) is 41.4 Å². The lowest BCUT2D eigenvalue weighted by molar-refractivity contribution is -0.118. The number of alkyl halides is 3. The van der Waals surface area contributed by atoms with Crippen LogP contribution < -0.4 is 0 Å². The van der Waals surface area contributed by atoms with Gasteiger partial charge in [-0.15, -0.1) is 0 Å². The van der Waals surface area contributed by atoms with E-state index in [0.717, 1.165) is 25.7 Å². The predicted octanol–water partition coefficient (Wildman–Crippen LogP) is 4.98. The van der Waals surface area contributed by atoms with E-state index in [1.165, 1.54) is 0 Å². The standard InChI is InChI=1S/C17H27F3/c1-8-6-11-4-5-12-7-9(2)16(19)17(20)14(12)13(11)10(3)15(8)18/h8-17H,4-7H2,1-3H3. The molecule has 0 aromatic carbocycles. The summed E-state index contributed by atoms with van der Waals surface area (Å²) in [5.41, 5.74) is 0. The summed E-state index contributed by atoms with van der Waals surface area (Å²) in [6.07, 6.45) is 0.176. The normalized spacial score (nSPS) is 59.7. The van der Waals surface area contributed by atoms with E-state index in [2.05, 4.69) is 0 Å². The van der Waals surface area contributed by atoms with Crippen molar-refractivity contribution in [2.75, 3.05) is 0 Å². The van der Waals surface area contributed by atoms with Crippen molar-refractivity contribution in [1.29, 1.82) is 0 Å². The molecule has 3 aliphatic rings. The molecule has 3 aliphatic carbocycles. The molecule has 0 bridgehead atoms. The lowest BCUT2D eigenvalue weighted by atomic mass is 9.52. The Labute approximate surface area is 120 Å². The predicted molar refractivity (Wildman–Crippen MR) is 74.6 cm³/mol. The van der Waals surface area contributed by atoms with E-state index < -0.39 is 18.5 Å². The van der Waals surface area contributed by atoms with Crippen LogP contribution in [0.4, 0.5) is 13.2 Å². The van der Waals surface area contributed by atoms with Crippen molar-refractivity contribution in [3.8, 4) is 0 Å². The summed E-state index contributed by atoms with van der Waals surface area (Å²) >= 11 is 0. The molecule has 3 rings (SSSR count). The third-order valence-electron chi connectivity index (χ3n) is 6.66. The number of hydrogen-bond donors (Lipinski definition) is 0. The van der Waals surface area contributed by atoms with Gasteiger partial charge in [0.2, 0.25) is 0 Å². The van der Waals surface area contributed by atoms with Crippen molar-refractivity contribution in [3.63, 3.8) is 0 Å². The monoisotopic (exact) mass is 288 g/mol. The Balaban J connectivity index is 1.88.